The van der Waals surface area contributed by atoms with Gasteiger partial charge in [0.05, 0.1) is 11.0 Å². The first-order valence-corrected chi connectivity index (χ1v) is 4.67. The maximum absolute atomic E-state index is 11.6. The molecule has 0 atom stereocenters. The van der Waals surface area contributed by atoms with Crippen LogP contribution >= 0.6 is 0 Å². The molecule has 2 rings (SSSR count). The van der Waals surface area contributed by atoms with Crippen molar-refractivity contribution in [3.05, 3.63) is 59.0 Å². The van der Waals surface area contributed by atoms with E-state index >= 15 is 0 Å². The monoisotopic (exact) mass is 198 g/mol. The summed E-state index contributed by atoms with van der Waals surface area (Å²) < 4.78 is 0. The minimum Gasteiger partial charge on any atom is -0.267 e. The molecule has 0 aliphatic heterocycles. The van der Waals surface area contributed by atoms with E-state index in [1.807, 2.05) is 18.2 Å². The van der Waals surface area contributed by atoms with Crippen molar-refractivity contribution in [3.63, 3.8) is 0 Å². The van der Waals surface area contributed by atoms with Gasteiger partial charge in [-0.15, -0.1) is 6.58 Å². The van der Waals surface area contributed by atoms with Crippen LogP contribution in [0.1, 0.15) is 5.56 Å². The van der Waals surface area contributed by atoms with Crippen LogP contribution < -0.4 is 5.56 Å². The first kappa shape index (κ1) is 9.52. The average molecular weight is 198 g/mol. The van der Waals surface area contributed by atoms with Crippen LogP contribution in [0.3, 0.4) is 0 Å². The van der Waals surface area contributed by atoms with E-state index in [-0.39, 0.29) is 5.56 Å². The second-order valence-electron chi connectivity index (χ2n) is 3.18. The molecule has 0 unspecified atom stereocenters. The van der Waals surface area contributed by atoms with Crippen LogP contribution in [-0.4, -0.2) is 9.97 Å². The molecule has 0 aliphatic carbocycles. The van der Waals surface area contributed by atoms with Gasteiger partial charge in [0, 0.05) is 11.8 Å². The molecule has 0 saturated carbocycles. The average Bonchev–Trinajstić information content (AvgIpc) is 2.40. The third-order valence-corrected chi connectivity index (χ3v) is 2.10. The zero-order valence-electron chi connectivity index (χ0n) is 8.18. The molecule has 3 nitrogen and oxygen atoms in total. The largest absolute Gasteiger partial charge is 0.275 e. The van der Waals surface area contributed by atoms with E-state index in [0.717, 1.165) is 5.52 Å². The van der Waals surface area contributed by atoms with Gasteiger partial charge in [-0.1, -0.05) is 18.2 Å². The van der Waals surface area contributed by atoms with E-state index in [0.29, 0.717) is 17.5 Å². The Hall–Kier alpha value is -2.03. The predicted octanol–water partition coefficient (Wildman–Crippen LogP) is 1.72. The van der Waals surface area contributed by atoms with Gasteiger partial charge >= 0.3 is 0 Å². The van der Waals surface area contributed by atoms with Crippen molar-refractivity contribution in [2.75, 3.05) is 0 Å². The van der Waals surface area contributed by atoms with E-state index in [1.165, 1.54) is 0 Å². The Morgan fingerprint density at radius 1 is 1.27 bits per heavy atom. The van der Waals surface area contributed by atoms with Crippen LogP contribution in [-0.2, 0) is 6.42 Å². The summed E-state index contributed by atoms with van der Waals surface area (Å²) in [5.41, 5.74) is 1.69. The zero-order valence-corrected chi connectivity index (χ0v) is 8.18. The Balaban J connectivity index is 2.76. The molecule has 0 radical (unpaired) electrons. The smallest absolute Gasteiger partial charge is 0.267 e. The fourth-order valence-corrected chi connectivity index (χ4v) is 1.35. The highest BCUT2D eigenvalue weighted by atomic mass is 16.1. The normalized spacial score (nSPS) is 10.1. The molecular weight excluding hydrogens is 188 g/mol. The van der Waals surface area contributed by atoms with Crippen LogP contribution in [0.2, 0.25) is 0 Å². The van der Waals surface area contributed by atoms with Crippen molar-refractivity contribution in [1.82, 2.24) is 9.97 Å². The molecule has 74 valence electrons. The predicted molar refractivity (Wildman–Crippen MR) is 59.7 cm³/mol. The summed E-state index contributed by atoms with van der Waals surface area (Å²) in [6, 6.07) is 7.32. The van der Waals surface area contributed by atoms with Crippen molar-refractivity contribution < 1.29 is 0 Å². The van der Waals surface area contributed by atoms with Gasteiger partial charge in [-0.25, -0.2) is 4.98 Å². The van der Waals surface area contributed by atoms with E-state index < -0.39 is 0 Å². The molecule has 0 N–H and O–H groups in total. The highest BCUT2D eigenvalue weighted by Crippen LogP contribution is 2.04. The quantitative estimate of drug-likeness (QED) is 0.690. The number of nitrogens with zero attached hydrogens (tertiary/aromatic N) is 2. The van der Waals surface area contributed by atoms with Crippen molar-refractivity contribution >= 4 is 11.0 Å². The number of aromatic nitrogens is 2. The van der Waals surface area contributed by atoms with Crippen molar-refractivity contribution in [1.29, 1.82) is 0 Å². The van der Waals surface area contributed by atoms with Gasteiger partial charge in [0.25, 0.3) is 5.56 Å². The third-order valence-electron chi connectivity index (χ3n) is 2.10. The van der Waals surface area contributed by atoms with Crippen molar-refractivity contribution in [2.24, 2.45) is 0 Å². The Bertz CT molecular complexity index is 564. The molecule has 1 heterocycles. The molecule has 0 bridgehead atoms. The van der Waals surface area contributed by atoms with Crippen molar-refractivity contribution in [3.8, 4) is 0 Å². The van der Waals surface area contributed by atoms with Crippen LogP contribution in [0.5, 0.6) is 0 Å². The number of rotatable bonds is 2. The molecule has 0 aliphatic rings. The molecular formula is C12H10N2O. The number of hydrogen-bond acceptors (Lipinski definition) is 3. The summed E-state index contributed by atoms with van der Waals surface area (Å²) in [4.78, 5) is 19.8. The highest BCUT2D eigenvalue weighted by Gasteiger charge is 1.99. The summed E-state index contributed by atoms with van der Waals surface area (Å²) >= 11 is 0. The first-order chi connectivity index (χ1) is 7.31. The molecule has 15 heavy (non-hydrogen) atoms. The van der Waals surface area contributed by atoms with E-state index in [4.69, 9.17) is 0 Å². The standard InChI is InChI=1S/C12H10N2O/c1-2-5-9-8-13-10-6-3-4-7-11(10)14-12(9)15/h2-4,6-8H,1,5H2. The van der Waals surface area contributed by atoms with Crippen LogP contribution in [0.4, 0.5) is 0 Å². The van der Waals surface area contributed by atoms with Crippen molar-refractivity contribution in [2.45, 2.75) is 6.42 Å². The molecule has 1 aromatic carbocycles. The van der Waals surface area contributed by atoms with Gasteiger partial charge in [-0.2, -0.15) is 0 Å². The summed E-state index contributed by atoms with van der Waals surface area (Å²) in [6.45, 7) is 3.59. The lowest BCUT2D eigenvalue weighted by atomic mass is 10.2. The number of allylic oxidation sites excluding steroid dienone is 1. The number of hydrogen-bond donors (Lipinski definition) is 0. The Kier molecular flexibility index (Phi) is 2.54. The number of para-hydroxylation sites is 2. The van der Waals surface area contributed by atoms with Gasteiger partial charge in [-0.3, -0.25) is 9.78 Å². The number of fused-ring (bicyclic) bond motifs is 1. The van der Waals surface area contributed by atoms with Gasteiger partial charge in [-0.05, 0) is 18.6 Å². The zero-order chi connectivity index (χ0) is 10.7. The minimum absolute atomic E-state index is 0.233. The molecule has 3 heteroatoms. The minimum atomic E-state index is -0.233. The summed E-state index contributed by atoms with van der Waals surface area (Å²) in [5.74, 6) is 0. The molecule has 0 saturated heterocycles. The Labute approximate surface area is 87.1 Å². The fraction of sp³-hybridized carbons (Fsp3) is 0.0833. The molecule has 2 aromatic rings. The highest BCUT2D eigenvalue weighted by molar-refractivity contribution is 5.72. The third kappa shape index (κ3) is 1.91. The lowest BCUT2D eigenvalue weighted by Gasteiger charge is -1.85. The lowest BCUT2D eigenvalue weighted by molar-refractivity contribution is 1.16. The van der Waals surface area contributed by atoms with E-state index in [9.17, 15) is 4.79 Å². The van der Waals surface area contributed by atoms with E-state index in [2.05, 4.69) is 16.5 Å². The second-order valence-corrected chi connectivity index (χ2v) is 3.18. The summed E-state index contributed by atoms with van der Waals surface area (Å²) in [6.07, 6.45) is 3.74. The molecule has 0 spiro atoms. The van der Waals surface area contributed by atoms with Crippen LogP contribution in [0.15, 0.2) is 47.9 Å². The lowest BCUT2D eigenvalue weighted by Crippen LogP contribution is -2.07. The summed E-state index contributed by atoms with van der Waals surface area (Å²) in [7, 11) is 0. The van der Waals surface area contributed by atoms with Gasteiger partial charge in [0.1, 0.15) is 0 Å². The first-order valence-electron chi connectivity index (χ1n) is 4.67. The topological polar surface area (TPSA) is 42.9 Å². The van der Waals surface area contributed by atoms with Crippen LogP contribution in [0.25, 0.3) is 11.0 Å². The van der Waals surface area contributed by atoms with Crippen LogP contribution in [0, 0.1) is 0 Å². The Morgan fingerprint density at radius 2 is 2.00 bits per heavy atom. The van der Waals surface area contributed by atoms with Gasteiger partial charge in [0.15, 0.2) is 0 Å². The van der Waals surface area contributed by atoms with Gasteiger partial charge < -0.3 is 0 Å². The van der Waals surface area contributed by atoms with E-state index in [1.54, 1.807) is 18.3 Å². The maximum Gasteiger partial charge on any atom is 0.275 e. The van der Waals surface area contributed by atoms with Gasteiger partial charge in [0.2, 0.25) is 0 Å². The molecule has 0 fully saturated rings. The summed E-state index contributed by atoms with van der Waals surface area (Å²) in [5, 5.41) is 0. The maximum atomic E-state index is 11.6. The SMILES string of the molecule is C=CCc1cnc2ccccc2nc1=O. The fourth-order valence-electron chi connectivity index (χ4n) is 1.35. The second kappa shape index (κ2) is 4.00. The Morgan fingerprint density at radius 3 is 2.73 bits per heavy atom. The molecule has 0 amide bonds. The molecule has 1 aromatic heterocycles. The number of benzene rings is 1.